The molecule has 146 valence electrons. The van der Waals surface area contributed by atoms with Gasteiger partial charge in [0.25, 0.3) is 0 Å². The van der Waals surface area contributed by atoms with Crippen LogP contribution in [-0.2, 0) is 9.47 Å². The molecule has 0 unspecified atom stereocenters. The average Bonchev–Trinajstić information content (AvgIpc) is 2.72. The van der Waals surface area contributed by atoms with Crippen LogP contribution in [0.15, 0.2) is 24.3 Å². The lowest BCUT2D eigenvalue weighted by Crippen LogP contribution is -2.31. The molecule has 2 heteroatoms. The Labute approximate surface area is 160 Å². The van der Waals surface area contributed by atoms with Gasteiger partial charge >= 0.3 is 0 Å². The van der Waals surface area contributed by atoms with E-state index in [9.17, 15) is 0 Å². The largest absolute Gasteiger partial charge is 0.373 e. The van der Waals surface area contributed by atoms with Gasteiger partial charge in [-0.25, -0.2) is 0 Å². The predicted molar refractivity (Wildman–Crippen MR) is 109 cm³/mol. The fraction of sp³-hybridized carbons (Fsp3) is 0.750. The van der Waals surface area contributed by atoms with Crippen molar-refractivity contribution in [3.05, 3.63) is 35.4 Å². The van der Waals surface area contributed by atoms with Gasteiger partial charge in [0.2, 0.25) is 0 Å². The fourth-order valence-corrected chi connectivity index (χ4v) is 4.59. The number of ether oxygens (including phenoxy) is 2. The van der Waals surface area contributed by atoms with Crippen molar-refractivity contribution < 1.29 is 9.47 Å². The first-order valence-electron chi connectivity index (χ1n) is 11.1. The van der Waals surface area contributed by atoms with Gasteiger partial charge in [-0.15, -0.1) is 0 Å². The maximum atomic E-state index is 6.09. The van der Waals surface area contributed by atoms with Gasteiger partial charge < -0.3 is 9.47 Å². The molecule has 0 spiro atoms. The van der Waals surface area contributed by atoms with Crippen LogP contribution in [0.4, 0.5) is 0 Å². The summed E-state index contributed by atoms with van der Waals surface area (Å²) in [6, 6.07) is 9.25. The quantitative estimate of drug-likeness (QED) is 0.509. The Morgan fingerprint density at radius 1 is 0.769 bits per heavy atom. The summed E-state index contributed by atoms with van der Waals surface area (Å²) in [7, 11) is 0. The zero-order valence-corrected chi connectivity index (χ0v) is 16.9. The van der Waals surface area contributed by atoms with Crippen LogP contribution >= 0.6 is 0 Å². The second-order valence-electron chi connectivity index (χ2n) is 8.45. The number of hydrogen-bond donors (Lipinski definition) is 0. The zero-order valence-electron chi connectivity index (χ0n) is 16.9. The van der Waals surface area contributed by atoms with Gasteiger partial charge in [0.1, 0.15) is 6.10 Å². The van der Waals surface area contributed by atoms with E-state index in [4.69, 9.17) is 9.47 Å². The summed E-state index contributed by atoms with van der Waals surface area (Å²) in [5.74, 6) is 1.75. The molecule has 0 amide bonds. The van der Waals surface area contributed by atoms with Crippen LogP contribution in [-0.4, -0.2) is 19.3 Å². The maximum Gasteiger partial charge on any atom is 0.106 e. The highest BCUT2D eigenvalue weighted by Gasteiger charge is 2.25. The summed E-state index contributed by atoms with van der Waals surface area (Å²) in [5, 5.41) is 0. The molecule has 1 aliphatic heterocycles. The third kappa shape index (κ3) is 5.57. The molecule has 0 bridgehead atoms. The number of rotatable bonds is 8. The van der Waals surface area contributed by atoms with Gasteiger partial charge in [0, 0.05) is 0 Å². The minimum Gasteiger partial charge on any atom is -0.373 e. The third-order valence-corrected chi connectivity index (χ3v) is 6.44. The molecule has 2 aliphatic rings. The molecule has 0 radical (unpaired) electrons. The molecule has 1 aromatic carbocycles. The van der Waals surface area contributed by atoms with E-state index < -0.39 is 0 Å². The lowest BCUT2D eigenvalue weighted by Gasteiger charge is -2.31. The number of unbranched alkanes of at least 4 members (excludes halogenated alkanes) is 2. The zero-order chi connectivity index (χ0) is 18.2. The third-order valence-electron chi connectivity index (χ3n) is 6.44. The molecule has 1 saturated heterocycles. The Morgan fingerprint density at radius 2 is 1.42 bits per heavy atom. The molecule has 1 heterocycles. The molecule has 2 atom stereocenters. The van der Waals surface area contributed by atoms with Gasteiger partial charge in [0.05, 0.1) is 19.3 Å². The van der Waals surface area contributed by atoms with E-state index in [-0.39, 0.29) is 6.10 Å². The van der Waals surface area contributed by atoms with Crippen molar-refractivity contribution >= 4 is 0 Å². The van der Waals surface area contributed by atoms with Crippen LogP contribution < -0.4 is 0 Å². The van der Waals surface area contributed by atoms with Crippen molar-refractivity contribution in [2.24, 2.45) is 5.92 Å². The normalized spacial score (nSPS) is 29.6. The summed E-state index contributed by atoms with van der Waals surface area (Å²) in [5.41, 5.74) is 2.81. The van der Waals surface area contributed by atoms with Crippen molar-refractivity contribution in [2.45, 2.75) is 96.2 Å². The van der Waals surface area contributed by atoms with E-state index in [1.54, 1.807) is 0 Å². The monoisotopic (exact) mass is 358 g/mol. The van der Waals surface area contributed by atoms with E-state index in [2.05, 4.69) is 38.1 Å². The molecule has 0 N–H and O–H groups in total. The summed E-state index contributed by atoms with van der Waals surface area (Å²) in [6.45, 7) is 5.98. The van der Waals surface area contributed by atoms with Crippen molar-refractivity contribution in [1.82, 2.24) is 0 Å². The molecule has 3 rings (SSSR count). The molecule has 0 aromatic heterocycles. The van der Waals surface area contributed by atoms with Gasteiger partial charge in [-0.2, -0.15) is 0 Å². The molecule has 26 heavy (non-hydrogen) atoms. The fourth-order valence-electron chi connectivity index (χ4n) is 4.59. The summed E-state index contributed by atoms with van der Waals surface area (Å²) >= 11 is 0. The maximum absolute atomic E-state index is 6.09. The SMILES string of the molecule is CCCCC1CCC(c2ccc([C@@H]3CO[C@@H](CCCC)CO3)cc2)CC1. The minimum atomic E-state index is 0.117. The molecule has 2 fully saturated rings. The van der Waals surface area contributed by atoms with Gasteiger partial charge in [-0.05, 0) is 55.1 Å². The standard InChI is InChI=1S/C24H38O2/c1-3-5-7-19-9-11-20(12-10-19)21-13-15-22(16-14-21)24-18-25-23(17-26-24)8-6-4-2/h13-16,19-20,23-24H,3-12,17-18H2,1-2H3/t19?,20?,23-,24-/m0/s1. The van der Waals surface area contributed by atoms with Crippen LogP contribution in [0.5, 0.6) is 0 Å². The molecule has 1 saturated carbocycles. The lowest BCUT2D eigenvalue weighted by atomic mass is 9.77. The van der Waals surface area contributed by atoms with E-state index in [0.29, 0.717) is 12.7 Å². The summed E-state index contributed by atoms with van der Waals surface area (Å²) in [4.78, 5) is 0. The Bertz CT molecular complexity index is 446. The molecule has 1 aromatic rings. The Balaban J connectivity index is 1.46. The van der Waals surface area contributed by atoms with Crippen LogP contribution in [0, 0.1) is 5.92 Å². The molecule has 1 aliphatic carbocycles. The van der Waals surface area contributed by atoms with Gasteiger partial charge in [-0.3, -0.25) is 0 Å². The van der Waals surface area contributed by atoms with Crippen molar-refractivity contribution in [2.75, 3.05) is 13.2 Å². The van der Waals surface area contributed by atoms with Gasteiger partial charge in [-0.1, -0.05) is 70.2 Å². The van der Waals surface area contributed by atoms with E-state index in [1.165, 1.54) is 68.9 Å². The number of hydrogen-bond acceptors (Lipinski definition) is 2. The van der Waals surface area contributed by atoms with Crippen molar-refractivity contribution in [3.8, 4) is 0 Å². The highest BCUT2D eigenvalue weighted by molar-refractivity contribution is 5.27. The summed E-state index contributed by atoms with van der Waals surface area (Å²) in [6.07, 6.45) is 13.8. The van der Waals surface area contributed by atoms with E-state index in [1.807, 2.05) is 0 Å². The van der Waals surface area contributed by atoms with Crippen molar-refractivity contribution in [3.63, 3.8) is 0 Å². The first-order valence-corrected chi connectivity index (χ1v) is 11.1. The highest BCUT2D eigenvalue weighted by Crippen LogP contribution is 2.38. The highest BCUT2D eigenvalue weighted by atomic mass is 16.6. The first kappa shape index (κ1) is 19.9. The summed E-state index contributed by atoms with van der Waals surface area (Å²) < 4.78 is 12.1. The minimum absolute atomic E-state index is 0.117. The predicted octanol–water partition coefficient (Wildman–Crippen LogP) is 6.80. The average molecular weight is 359 g/mol. The topological polar surface area (TPSA) is 18.5 Å². The lowest BCUT2D eigenvalue weighted by molar-refractivity contribution is -0.137. The van der Waals surface area contributed by atoms with Crippen molar-refractivity contribution in [1.29, 1.82) is 0 Å². The second kappa shape index (κ2) is 10.5. The number of benzene rings is 1. The Morgan fingerprint density at radius 3 is 2.04 bits per heavy atom. The smallest absolute Gasteiger partial charge is 0.106 e. The molecular weight excluding hydrogens is 320 g/mol. The van der Waals surface area contributed by atoms with E-state index >= 15 is 0 Å². The van der Waals surface area contributed by atoms with Gasteiger partial charge in [0.15, 0.2) is 0 Å². The van der Waals surface area contributed by atoms with Crippen LogP contribution in [0.1, 0.15) is 101 Å². The second-order valence-corrected chi connectivity index (χ2v) is 8.45. The first-order chi connectivity index (χ1) is 12.8. The molecule has 2 nitrogen and oxygen atoms in total. The van der Waals surface area contributed by atoms with Crippen LogP contribution in [0.3, 0.4) is 0 Å². The Hall–Kier alpha value is -0.860. The molecular formula is C24H38O2. The van der Waals surface area contributed by atoms with E-state index in [0.717, 1.165) is 24.9 Å². The Kier molecular flexibility index (Phi) is 8.01. The van der Waals surface area contributed by atoms with Crippen LogP contribution in [0.2, 0.25) is 0 Å². The van der Waals surface area contributed by atoms with Crippen LogP contribution in [0.25, 0.3) is 0 Å².